The van der Waals surface area contributed by atoms with Crippen LogP contribution in [0.15, 0.2) is 129 Å². The first kappa shape index (κ1) is 50.1. The summed E-state index contributed by atoms with van der Waals surface area (Å²) in [6.07, 6.45) is 0.652. The molecule has 0 unspecified atom stereocenters. The number of fused-ring (bicyclic) bond motifs is 2. The summed E-state index contributed by atoms with van der Waals surface area (Å²) >= 11 is 0.967. The Kier molecular flexibility index (Phi) is 13.5. The second kappa shape index (κ2) is 18.6. The van der Waals surface area contributed by atoms with Gasteiger partial charge in [0.25, 0.3) is 50.6 Å². The molecule has 2 aromatic heterocycles. The van der Waals surface area contributed by atoms with Crippen LogP contribution in [0.25, 0.3) is 26.7 Å². The molecule has 0 atom stereocenters. The van der Waals surface area contributed by atoms with Gasteiger partial charge in [0.2, 0.25) is 11.0 Å². The number of thiazole rings is 1. The molecule has 7 N–H and O–H groups in total. The number of hydrogen-bond donors (Lipinski definition) is 7. The Labute approximate surface area is 392 Å². The summed E-state index contributed by atoms with van der Waals surface area (Å²) in [5, 5.41) is 49.4. The smallest absolute Gasteiger partial charge is 0.297 e. The van der Waals surface area contributed by atoms with Gasteiger partial charge in [0.15, 0.2) is 11.4 Å². The maximum absolute atomic E-state index is 12.8. The number of ether oxygens (including phenoxy) is 1. The zero-order valence-electron chi connectivity index (χ0n) is 34.2. The summed E-state index contributed by atoms with van der Waals surface area (Å²) in [6, 6.07) is 13.1. The van der Waals surface area contributed by atoms with Crippen LogP contribution < -0.4 is 4.74 Å². The molecule has 69 heavy (non-hydrogen) atoms. The molecular formula is C36H29N9O18S6. The third kappa shape index (κ3) is 11.4. The van der Waals surface area contributed by atoms with Crippen LogP contribution in [0.4, 0.5) is 33.6 Å². The van der Waals surface area contributed by atoms with Crippen molar-refractivity contribution in [3.8, 4) is 23.1 Å². The molecule has 0 saturated carbocycles. The van der Waals surface area contributed by atoms with E-state index in [1.54, 1.807) is 13.0 Å². The van der Waals surface area contributed by atoms with Crippen molar-refractivity contribution < 1.29 is 79.8 Å². The zero-order valence-corrected chi connectivity index (χ0v) is 39.1. The van der Waals surface area contributed by atoms with Gasteiger partial charge in [-0.15, -0.1) is 30.7 Å². The second-order valence-corrected chi connectivity index (χ2v) is 22.2. The number of rotatable bonds is 16. The first-order chi connectivity index (χ1) is 32.1. The van der Waals surface area contributed by atoms with Gasteiger partial charge >= 0.3 is 0 Å². The Morgan fingerprint density at radius 2 is 1.25 bits per heavy atom. The molecule has 0 aliphatic carbocycles. The standard InChI is InChI=1S/C36H29N9O18S6/c1-18-12-27(29(63-10-3-11-65(48,49)50)16-26(18)41-44-36-38-32-30(64-36)4-2-5-31(32)68(57,58)59)42-39-24-8-7-23-22(33(24)46)6-9-25(34(23)69(60,61)62)40-43-28-17-37-45(35(28)47)19-13-20(66(51,52)53)15-21(14-19)67(54,55)56/h2,4-9,12-17,46-47H,3,10-11H2,1H3,(H,48,49,50)(H,51,52,53)(H,54,55,56)(H,57,58,59)(H,60,61,62). The molecule has 7 rings (SSSR count). The van der Waals surface area contributed by atoms with E-state index in [0.717, 1.165) is 47.9 Å². The summed E-state index contributed by atoms with van der Waals surface area (Å²) in [7, 11) is -24.3. The normalized spacial score (nSPS) is 13.2. The van der Waals surface area contributed by atoms with E-state index in [-0.39, 0.29) is 57.3 Å². The molecule has 7 aromatic rings. The minimum atomic E-state index is -5.19. The fourth-order valence-corrected chi connectivity index (χ4v) is 10.2. The van der Waals surface area contributed by atoms with E-state index in [1.165, 1.54) is 18.2 Å². The molecule has 2 heterocycles. The number of aromatic hydroxyl groups is 2. The quantitative estimate of drug-likeness (QED) is 0.0284. The lowest BCUT2D eigenvalue weighted by molar-refractivity contribution is 0.317. The highest BCUT2D eigenvalue weighted by Gasteiger charge is 2.25. The monoisotopic (exact) mass is 1070 g/mol. The highest BCUT2D eigenvalue weighted by atomic mass is 32.2. The third-order valence-electron chi connectivity index (χ3n) is 9.27. The summed E-state index contributed by atoms with van der Waals surface area (Å²) in [4.78, 5) is 0.818. The lowest BCUT2D eigenvalue weighted by atomic mass is 10.1. The van der Waals surface area contributed by atoms with Crippen molar-refractivity contribution in [2.24, 2.45) is 30.7 Å². The van der Waals surface area contributed by atoms with Gasteiger partial charge in [-0.2, -0.15) is 51.9 Å². The molecule has 0 aliphatic rings. The summed E-state index contributed by atoms with van der Waals surface area (Å²) in [6.45, 7) is 1.31. The number of nitrogens with zero attached hydrogens (tertiary/aromatic N) is 9. The third-order valence-corrected chi connectivity index (χ3v) is 14.5. The van der Waals surface area contributed by atoms with Crippen molar-refractivity contribution in [2.75, 3.05) is 12.4 Å². The second-order valence-electron chi connectivity index (χ2n) is 14.1. The summed E-state index contributed by atoms with van der Waals surface area (Å²) in [5.41, 5.74) is -1.34. The number of phenolic OH excluding ortho intramolecular Hbond substituents is 1. The van der Waals surface area contributed by atoms with Crippen molar-refractivity contribution in [3.63, 3.8) is 0 Å². The van der Waals surface area contributed by atoms with Crippen LogP contribution in [-0.4, -0.2) is 102 Å². The van der Waals surface area contributed by atoms with Crippen LogP contribution in [0.1, 0.15) is 12.0 Å². The number of azo groups is 3. The molecule has 0 spiro atoms. The summed E-state index contributed by atoms with van der Waals surface area (Å²) < 4.78 is 174. The Bertz CT molecular complexity index is 3880. The van der Waals surface area contributed by atoms with Crippen LogP contribution in [0.5, 0.6) is 17.4 Å². The highest BCUT2D eigenvalue weighted by Crippen LogP contribution is 2.44. The first-order valence-corrected chi connectivity index (χ1v) is 26.8. The van der Waals surface area contributed by atoms with Crippen LogP contribution in [0.3, 0.4) is 0 Å². The van der Waals surface area contributed by atoms with E-state index in [1.807, 2.05) is 0 Å². The van der Waals surface area contributed by atoms with Gasteiger partial charge in [0.1, 0.15) is 38.1 Å². The Morgan fingerprint density at radius 1 is 0.638 bits per heavy atom. The average molecular weight is 1070 g/mol. The lowest BCUT2D eigenvalue weighted by Gasteiger charge is -2.11. The maximum atomic E-state index is 12.8. The van der Waals surface area contributed by atoms with Crippen molar-refractivity contribution >= 4 is 116 Å². The van der Waals surface area contributed by atoms with E-state index in [0.29, 0.717) is 33.1 Å². The number of aryl methyl sites for hydroxylation is 1. The van der Waals surface area contributed by atoms with Crippen molar-refractivity contribution in [1.29, 1.82) is 0 Å². The molecule has 0 bridgehead atoms. The fraction of sp³-hybridized carbons (Fsp3) is 0.111. The van der Waals surface area contributed by atoms with Crippen molar-refractivity contribution in [1.82, 2.24) is 14.8 Å². The van der Waals surface area contributed by atoms with Crippen molar-refractivity contribution in [2.45, 2.75) is 32.9 Å². The minimum Gasteiger partial charge on any atom is -0.505 e. The molecule has 0 saturated heterocycles. The minimum absolute atomic E-state index is 0.0106. The van der Waals surface area contributed by atoms with E-state index >= 15 is 0 Å². The van der Waals surface area contributed by atoms with Gasteiger partial charge < -0.3 is 14.9 Å². The van der Waals surface area contributed by atoms with Crippen molar-refractivity contribution in [3.05, 3.63) is 84.6 Å². The van der Waals surface area contributed by atoms with E-state index in [4.69, 9.17) is 4.74 Å². The number of aromatic nitrogens is 3. The van der Waals surface area contributed by atoms with Gasteiger partial charge in [0.05, 0.1) is 44.4 Å². The zero-order chi connectivity index (χ0) is 50.4. The Balaban J connectivity index is 1.21. The molecule has 5 aromatic carbocycles. The predicted molar refractivity (Wildman–Crippen MR) is 240 cm³/mol. The van der Waals surface area contributed by atoms with Gasteiger partial charge in [0, 0.05) is 16.8 Å². The largest absolute Gasteiger partial charge is 0.505 e. The van der Waals surface area contributed by atoms with Crippen LogP contribution in [0.2, 0.25) is 0 Å². The Morgan fingerprint density at radius 3 is 1.88 bits per heavy atom. The summed E-state index contributed by atoms with van der Waals surface area (Å²) in [5.74, 6) is -2.30. The highest BCUT2D eigenvalue weighted by molar-refractivity contribution is 7.87. The number of phenols is 1. The molecule has 0 aliphatic heterocycles. The van der Waals surface area contributed by atoms with Gasteiger partial charge in [-0.3, -0.25) is 22.8 Å². The average Bonchev–Trinajstić information content (AvgIpc) is 3.84. The van der Waals surface area contributed by atoms with E-state index in [2.05, 4.69) is 40.8 Å². The SMILES string of the molecule is Cc1cc(N=Nc2ccc3c(S(=O)(=O)O)c(N=Nc4cnn(-c5cc(S(=O)(=O)O)cc(S(=O)(=O)O)c5)c4O)ccc3c2O)c(OCCCS(=O)(=O)O)cc1N=Nc1nc2c(S(=O)(=O)O)cccc2s1. The molecule has 362 valence electrons. The van der Waals surface area contributed by atoms with Gasteiger partial charge in [-0.1, -0.05) is 23.5 Å². The number of benzene rings is 5. The Hall–Kier alpha value is -6.79. The van der Waals surface area contributed by atoms with Gasteiger partial charge in [-0.05, 0) is 73.5 Å². The molecule has 0 fully saturated rings. The van der Waals surface area contributed by atoms with Crippen LogP contribution in [-0.2, 0) is 50.6 Å². The van der Waals surface area contributed by atoms with Crippen LogP contribution in [0, 0.1) is 6.92 Å². The number of hydrogen-bond acceptors (Lipinski definition) is 22. The molecule has 0 amide bonds. The number of para-hydroxylation sites is 1. The topological polar surface area (TPSA) is 426 Å². The first-order valence-electron chi connectivity index (χ1n) is 18.6. The predicted octanol–water partition coefficient (Wildman–Crippen LogP) is 7.24. The van der Waals surface area contributed by atoms with E-state index in [9.17, 15) is 75.1 Å². The van der Waals surface area contributed by atoms with Crippen LogP contribution >= 0.6 is 11.3 Å². The van der Waals surface area contributed by atoms with Gasteiger partial charge in [-0.25, -0.2) is 4.98 Å². The molecule has 0 radical (unpaired) electrons. The lowest BCUT2D eigenvalue weighted by Crippen LogP contribution is -2.08. The molecular weight excluding hydrogens is 1040 g/mol. The molecule has 27 nitrogen and oxygen atoms in total. The van der Waals surface area contributed by atoms with E-state index < -0.39 is 105 Å². The molecule has 33 heteroatoms. The maximum Gasteiger partial charge on any atom is 0.297 e. The fourth-order valence-electron chi connectivity index (χ4n) is 6.20.